The zero-order valence-electron chi connectivity index (χ0n) is 10.0. The van der Waals surface area contributed by atoms with Crippen molar-refractivity contribution in [2.45, 2.75) is 0 Å². The Labute approximate surface area is 122 Å². The number of primary amides is 1. The number of benzene rings is 1. The molecule has 3 rings (SSSR count). The van der Waals surface area contributed by atoms with E-state index in [4.69, 9.17) is 17.3 Å². The van der Waals surface area contributed by atoms with Crippen molar-refractivity contribution < 1.29 is 4.79 Å². The lowest BCUT2D eigenvalue weighted by atomic mass is 10.0. The molecular weight excluding hydrogens is 298 g/mol. The molecule has 2 aromatic heterocycles. The van der Waals surface area contributed by atoms with Crippen molar-refractivity contribution in [1.29, 1.82) is 0 Å². The predicted octanol–water partition coefficient (Wildman–Crippen LogP) is 2.40. The highest BCUT2D eigenvalue weighted by atomic mass is 35.5. The van der Waals surface area contributed by atoms with Crippen LogP contribution >= 0.6 is 22.9 Å². The van der Waals surface area contributed by atoms with E-state index in [2.05, 4.69) is 9.97 Å². The third-order valence-corrected chi connectivity index (χ3v) is 4.22. The molecule has 0 aliphatic carbocycles. The summed E-state index contributed by atoms with van der Waals surface area (Å²) in [5.41, 5.74) is 6.30. The molecule has 0 saturated carbocycles. The molecule has 2 heterocycles. The first kappa shape index (κ1) is 12.8. The van der Waals surface area contributed by atoms with Gasteiger partial charge in [0.2, 0.25) is 0 Å². The Balaban J connectivity index is 2.43. The van der Waals surface area contributed by atoms with Gasteiger partial charge in [-0.15, -0.1) is 11.3 Å². The summed E-state index contributed by atoms with van der Waals surface area (Å²) in [4.78, 5) is 31.0. The number of thiophene rings is 1. The van der Waals surface area contributed by atoms with E-state index in [0.29, 0.717) is 31.2 Å². The molecule has 0 saturated heterocycles. The van der Waals surface area contributed by atoms with Gasteiger partial charge in [-0.05, 0) is 17.7 Å². The Morgan fingerprint density at radius 1 is 1.30 bits per heavy atom. The summed E-state index contributed by atoms with van der Waals surface area (Å²) in [6, 6.07) is 6.86. The molecule has 1 aromatic carbocycles. The molecule has 20 heavy (non-hydrogen) atoms. The van der Waals surface area contributed by atoms with E-state index in [1.165, 1.54) is 6.33 Å². The van der Waals surface area contributed by atoms with Crippen LogP contribution in [-0.2, 0) is 0 Å². The topological polar surface area (TPSA) is 88.8 Å². The van der Waals surface area contributed by atoms with Crippen LogP contribution in [-0.4, -0.2) is 15.9 Å². The van der Waals surface area contributed by atoms with Crippen molar-refractivity contribution in [2.75, 3.05) is 0 Å². The van der Waals surface area contributed by atoms with Gasteiger partial charge in [-0.25, -0.2) is 4.98 Å². The van der Waals surface area contributed by atoms with Crippen LogP contribution < -0.4 is 11.3 Å². The number of nitrogens with zero attached hydrogens (tertiary/aromatic N) is 1. The van der Waals surface area contributed by atoms with Gasteiger partial charge in [-0.3, -0.25) is 9.59 Å². The first-order valence-electron chi connectivity index (χ1n) is 5.64. The molecule has 0 aliphatic rings. The summed E-state index contributed by atoms with van der Waals surface area (Å²) in [5.74, 6) is -0.586. The molecule has 0 unspecified atom stereocenters. The van der Waals surface area contributed by atoms with Crippen LogP contribution in [0.3, 0.4) is 0 Å². The molecule has 0 bridgehead atoms. The van der Waals surface area contributed by atoms with Crippen LogP contribution in [0.25, 0.3) is 21.3 Å². The minimum absolute atomic E-state index is 0.302. The number of fused-ring (bicyclic) bond motifs is 1. The number of carbonyl (C=O) groups excluding carboxylic acids is 1. The fourth-order valence-electron chi connectivity index (χ4n) is 2.01. The Hall–Kier alpha value is -2.18. The summed E-state index contributed by atoms with van der Waals surface area (Å²) in [5, 5.41) is 0.939. The molecule has 5 nitrogen and oxygen atoms in total. The summed E-state index contributed by atoms with van der Waals surface area (Å²) in [6.45, 7) is 0. The van der Waals surface area contributed by atoms with Gasteiger partial charge in [0.1, 0.15) is 9.71 Å². The lowest BCUT2D eigenvalue weighted by molar-refractivity contribution is 0.100. The molecule has 0 radical (unpaired) electrons. The molecule has 7 heteroatoms. The first-order chi connectivity index (χ1) is 9.58. The maximum absolute atomic E-state index is 12.0. The number of aromatic nitrogens is 2. The fourth-order valence-corrected chi connectivity index (χ4v) is 3.15. The van der Waals surface area contributed by atoms with Gasteiger partial charge in [-0.1, -0.05) is 23.7 Å². The van der Waals surface area contributed by atoms with Gasteiger partial charge in [-0.2, -0.15) is 0 Å². The minimum Gasteiger partial charge on any atom is -0.365 e. The zero-order chi connectivity index (χ0) is 14.3. The summed E-state index contributed by atoms with van der Waals surface area (Å²) < 4.78 is 0. The quantitative estimate of drug-likeness (QED) is 0.762. The van der Waals surface area contributed by atoms with Gasteiger partial charge in [0.05, 0.1) is 11.7 Å². The SMILES string of the molecule is NC(=O)c1sc2nc[nH]c(=O)c2c1-c1ccc(Cl)cc1. The molecular formula is C13H8ClN3O2S. The molecule has 0 spiro atoms. The number of nitrogens with one attached hydrogen (secondary N) is 1. The van der Waals surface area contributed by atoms with E-state index >= 15 is 0 Å². The van der Waals surface area contributed by atoms with Crippen molar-refractivity contribution >= 4 is 39.1 Å². The standard InChI is InChI=1S/C13H8ClN3O2S/c14-7-3-1-6(2-4-7)8-9-12(19)16-5-17-13(9)20-10(8)11(15)18/h1-5H,(H2,15,18)(H,16,17,19). The number of carbonyl (C=O) groups is 1. The van der Waals surface area contributed by atoms with E-state index in [1.807, 2.05) is 0 Å². The van der Waals surface area contributed by atoms with Crippen molar-refractivity contribution in [3.05, 3.63) is 50.8 Å². The molecule has 100 valence electrons. The number of hydrogen-bond donors (Lipinski definition) is 2. The van der Waals surface area contributed by atoms with Crippen LogP contribution in [0.5, 0.6) is 0 Å². The molecule has 0 atom stereocenters. The lowest BCUT2D eigenvalue weighted by Crippen LogP contribution is -2.11. The van der Waals surface area contributed by atoms with Crippen LogP contribution in [0.15, 0.2) is 35.4 Å². The van der Waals surface area contributed by atoms with Gasteiger partial charge < -0.3 is 10.7 Å². The third kappa shape index (κ3) is 1.99. The molecule has 0 aliphatic heterocycles. The second kappa shape index (κ2) is 4.73. The zero-order valence-corrected chi connectivity index (χ0v) is 11.6. The number of nitrogens with two attached hydrogens (primary N) is 1. The lowest BCUT2D eigenvalue weighted by Gasteiger charge is -2.02. The highest BCUT2D eigenvalue weighted by molar-refractivity contribution is 7.21. The van der Waals surface area contributed by atoms with E-state index in [-0.39, 0.29) is 5.56 Å². The number of hydrogen-bond acceptors (Lipinski definition) is 4. The van der Waals surface area contributed by atoms with Crippen molar-refractivity contribution in [1.82, 2.24) is 9.97 Å². The summed E-state index contributed by atoms with van der Waals surface area (Å²) in [6.07, 6.45) is 1.30. The molecule has 3 aromatic rings. The van der Waals surface area contributed by atoms with E-state index < -0.39 is 5.91 Å². The fraction of sp³-hybridized carbons (Fsp3) is 0. The van der Waals surface area contributed by atoms with Crippen molar-refractivity contribution in [3.63, 3.8) is 0 Å². The minimum atomic E-state index is -0.586. The Bertz CT molecular complexity index is 867. The maximum atomic E-state index is 12.0. The number of aromatic amines is 1. The van der Waals surface area contributed by atoms with E-state index in [9.17, 15) is 9.59 Å². The number of halogens is 1. The summed E-state index contributed by atoms with van der Waals surface area (Å²) in [7, 11) is 0. The second-order valence-corrected chi connectivity index (χ2v) is 5.52. The Morgan fingerprint density at radius 3 is 2.65 bits per heavy atom. The summed E-state index contributed by atoms with van der Waals surface area (Å²) >= 11 is 6.96. The third-order valence-electron chi connectivity index (χ3n) is 2.85. The highest BCUT2D eigenvalue weighted by Gasteiger charge is 2.20. The first-order valence-corrected chi connectivity index (χ1v) is 6.83. The largest absolute Gasteiger partial charge is 0.365 e. The number of rotatable bonds is 2. The smallest absolute Gasteiger partial charge is 0.260 e. The van der Waals surface area contributed by atoms with Crippen molar-refractivity contribution in [2.24, 2.45) is 5.73 Å². The highest BCUT2D eigenvalue weighted by Crippen LogP contribution is 2.35. The van der Waals surface area contributed by atoms with Crippen LogP contribution in [0.1, 0.15) is 9.67 Å². The Morgan fingerprint density at radius 2 is 2.00 bits per heavy atom. The molecule has 1 amide bonds. The van der Waals surface area contributed by atoms with Crippen LogP contribution in [0.2, 0.25) is 5.02 Å². The van der Waals surface area contributed by atoms with E-state index in [1.54, 1.807) is 24.3 Å². The van der Waals surface area contributed by atoms with Gasteiger partial charge >= 0.3 is 0 Å². The van der Waals surface area contributed by atoms with Crippen LogP contribution in [0, 0.1) is 0 Å². The normalized spacial score (nSPS) is 10.8. The van der Waals surface area contributed by atoms with Gasteiger partial charge in [0, 0.05) is 10.6 Å². The number of H-pyrrole nitrogens is 1. The molecule has 0 fully saturated rings. The predicted molar refractivity (Wildman–Crippen MR) is 79.2 cm³/mol. The molecule has 3 N–H and O–H groups in total. The van der Waals surface area contributed by atoms with Crippen LogP contribution in [0.4, 0.5) is 0 Å². The average Bonchev–Trinajstić information content (AvgIpc) is 2.81. The monoisotopic (exact) mass is 305 g/mol. The Kier molecular flexibility index (Phi) is 3.04. The number of amides is 1. The maximum Gasteiger partial charge on any atom is 0.260 e. The van der Waals surface area contributed by atoms with Gasteiger partial charge in [0.25, 0.3) is 11.5 Å². The van der Waals surface area contributed by atoms with Gasteiger partial charge in [0.15, 0.2) is 0 Å². The average molecular weight is 306 g/mol. The van der Waals surface area contributed by atoms with E-state index in [0.717, 1.165) is 11.3 Å². The van der Waals surface area contributed by atoms with Crippen molar-refractivity contribution in [3.8, 4) is 11.1 Å². The second-order valence-electron chi connectivity index (χ2n) is 4.09.